The normalized spacial score (nSPS) is 17.4. The Balaban J connectivity index is 1.80. The second kappa shape index (κ2) is 6.77. The first-order chi connectivity index (χ1) is 12.2. The fourth-order valence-electron chi connectivity index (χ4n) is 3.76. The van der Waals surface area contributed by atoms with Gasteiger partial charge in [0.1, 0.15) is 11.3 Å². The van der Waals surface area contributed by atoms with E-state index in [-0.39, 0.29) is 5.91 Å². The Morgan fingerprint density at radius 1 is 1.28 bits per heavy atom. The average molecular weight is 340 g/mol. The number of imidazole rings is 1. The maximum atomic E-state index is 13.1. The van der Waals surface area contributed by atoms with Crippen molar-refractivity contribution >= 4 is 17.1 Å². The Kier molecular flexibility index (Phi) is 4.48. The van der Waals surface area contributed by atoms with Gasteiger partial charge in [-0.15, -0.1) is 0 Å². The molecule has 134 valence electrons. The van der Waals surface area contributed by atoms with Gasteiger partial charge >= 0.3 is 0 Å². The predicted molar refractivity (Wildman–Crippen MR) is 98.9 cm³/mol. The summed E-state index contributed by atoms with van der Waals surface area (Å²) in [5.41, 5.74) is 3.60. The maximum Gasteiger partial charge on any atom is 0.255 e. The third-order valence-electron chi connectivity index (χ3n) is 5.50. The number of hydrogen-bond acceptors (Lipinski definition) is 3. The number of amides is 1. The molecule has 1 aliphatic carbocycles. The summed E-state index contributed by atoms with van der Waals surface area (Å²) in [5, 5.41) is 0. The topological polar surface area (TPSA) is 51.0 Å². The molecule has 0 aromatic carbocycles. The van der Waals surface area contributed by atoms with Crippen molar-refractivity contribution in [2.24, 2.45) is 0 Å². The highest BCUT2D eigenvalue weighted by atomic mass is 16.2. The molecule has 2 aliphatic rings. The van der Waals surface area contributed by atoms with Crippen LogP contribution in [0.2, 0.25) is 0 Å². The molecule has 1 saturated carbocycles. The van der Waals surface area contributed by atoms with Crippen molar-refractivity contribution in [3.63, 3.8) is 0 Å². The van der Waals surface area contributed by atoms with Crippen molar-refractivity contribution in [2.75, 3.05) is 13.6 Å². The van der Waals surface area contributed by atoms with Gasteiger partial charge in [0.15, 0.2) is 5.65 Å². The summed E-state index contributed by atoms with van der Waals surface area (Å²) in [6.07, 6.45) is 9.11. The molecule has 1 amide bonds. The van der Waals surface area contributed by atoms with Gasteiger partial charge in [-0.3, -0.25) is 4.79 Å². The average Bonchev–Trinajstić information content (AvgIpc) is 3.44. The molecule has 2 aromatic heterocycles. The molecule has 5 nitrogen and oxygen atoms in total. The molecule has 0 unspecified atom stereocenters. The molecule has 5 heteroatoms. The predicted octanol–water partition coefficient (Wildman–Crippen LogP) is 3.91. The van der Waals surface area contributed by atoms with Gasteiger partial charge in [0.2, 0.25) is 0 Å². The van der Waals surface area contributed by atoms with E-state index in [1.165, 1.54) is 32.1 Å². The molecule has 1 fully saturated rings. The highest BCUT2D eigenvalue weighted by Crippen LogP contribution is 2.40. The number of carbonyl (C=O) groups excluding carboxylic acids is 1. The number of aromatic nitrogens is 3. The Morgan fingerprint density at radius 3 is 2.88 bits per heavy atom. The Hall–Kier alpha value is -1.91. The summed E-state index contributed by atoms with van der Waals surface area (Å²) >= 11 is 0. The molecule has 0 bridgehead atoms. The number of unbranched alkanes of at least 4 members (excludes halogenated alkanes) is 1. The zero-order valence-corrected chi connectivity index (χ0v) is 15.4. The number of fused-ring (bicyclic) bond motifs is 3. The van der Waals surface area contributed by atoms with E-state index in [0.29, 0.717) is 5.92 Å². The number of aryl methyl sites for hydroxylation is 2. The lowest BCUT2D eigenvalue weighted by molar-refractivity contribution is 0.0795. The SMILES string of the molecule is CCCCN(C)C(=O)c1cc(C2CC2)nc2c1nc1n2CCCCC1. The Bertz CT molecular complexity index is 791. The first kappa shape index (κ1) is 16.6. The first-order valence-corrected chi connectivity index (χ1v) is 9.84. The van der Waals surface area contributed by atoms with Gasteiger partial charge in [0.25, 0.3) is 5.91 Å². The second-order valence-corrected chi connectivity index (χ2v) is 7.61. The van der Waals surface area contributed by atoms with Crippen LogP contribution >= 0.6 is 0 Å². The van der Waals surface area contributed by atoms with Gasteiger partial charge < -0.3 is 9.47 Å². The molecule has 0 saturated heterocycles. The minimum atomic E-state index is 0.0935. The molecular weight excluding hydrogens is 312 g/mol. The minimum Gasteiger partial charge on any atom is -0.342 e. The molecule has 25 heavy (non-hydrogen) atoms. The van der Waals surface area contributed by atoms with Crippen molar-refractivity contribution in [3.8, 4) is 0 Å². The lowest BCUT2D eigenvalue weighted by Crippen LogP contribution is -2.28. The summed E-state index contributed by atoms with van der Waals surface area (Å²) in [6, 6.07) is 2.03. The largest absolute Gasteiger partial charge is 0.342 e. The van der Waals surface area contributed by atoms with Gasteiger partial charge in [0.05, 0.1) is 5.56 Å². The molecule has 0 spiro atoms. The van der Waals surface area contributed by atoms with E-state index in [2.05, 4.69) is 11.5 Å². The van der Waals surface area contributed by atoms with E-state index in [1.807, 2.05) is 18.0 Å². The minimum absolute atomic E-state index is 0.0935. The van der Waals surface area contributed by atoms with Crippen LogP contribution in [0.15, 0.2) is 6.07 Å². The number of carbonyl (C=O) groups is 1. The van der Waals surface area contributed by atoms with Crippen LogP contribution in [-0.4, -0.2) is 38.9 Å². The molecule has 3 heterocycles. The van der Waals surface area contributed by atoms with Crippen LogP contribution in [0, 0.1) is 0 Å². The summed E-state index contributed by atoms with van der Waals surface area (Å²) in [6.45, 7) is 3.93. The smallest absolute Gasteiger partial charge is 0.255 e. The number of rotatable bonds is 5. The van der Waals surface area contributed by atoms with Crippen LogP contribution in [0.4, 0.5) is 0 Å². The fourth-order valence-corrected chi connectivity index (χ4v) is 3.76. The van der Waals surface area contributed by atoms with Crippen LogP contribution in [0.3, 0.4) is 0 Å². The quantitative estimate of drug-likeness (QED) is 0.829. The zero-order valence-electron chi connectivity index (χ0n) is 15.4. The summed E-state index contributed by atoms with van der Waals surface area (Å²) < 4.78 is 2.27. The van der Waals surface area contributed by atoms with Crippen molar-refractivity contribution in [3.05, 3.63) is 23.1 Å². The van der Waals surface area contributed by atoms with Gasteiger partial charge in [0, 0.05) is 38.2 Å². The molecular formula is C20H28N4O. The lowest BCUT2D eigenvalue weighted by atomic mass is 10.1. The van der Waals surface area contributed by atoms with E-state index in [1.54, 1.807) is 0 Å². The van der Waals surface area contributed by atoms with E-state index in [0.717, 1.165) is 60.6 Å². The van der Waals surface area contributed by atoms with Gasteiger partial charge in [-0.2, -0.15) is 0 Å². The molecule has 0 N–H and O–H groups in total. The van der Waals surface area contributed by atoms with Gasteiger partial charge in [-0.05, 0) is 38.2 Å². The maximum absolute atomic E-state index is 13.1. The zero-order chi connectivity index (χ0) is 17.4. The fraction of sp³-hybridized carbons (Fsp3) is 0.650. The summed E-state index contributed by atoms with van der Waals surface area (Å²) in [5.74, 6) is 1.74. The highest BCUT2D eigenvalue weighted by Gasteiger charge is 2.29. The van der Waals surface area contributed by atoms with E-state index >= 15 is 0 Å². The lowest BCUT2D eigenvalue weighted by Gasteiger charge is -2.17. The highest BCUT2D eigenvalue weighted by molar-refractivity contribution is 6.04. The van der Waals surface area contributed by atoms with Crippen LogP contribution in [0.5, 0.6) is 0 Å². The van der Waals surface area contributed by atoms with Crippen molar-refractivity contribution in [1.29, 1.82) is 0 Å². The molecule has 4 rings (SSSR count). The van der Waals surface area contributed by atoms with Crippen LogP contribution < -0.4 is 0 Å². The van der Waals surface area contributed by atoms with E-state index in [4.69, 9.17) is 9.97 Å². The summed E-state index contributed by atoms with van der Waals surface area (Å²) in [4.78, 5) is 24.8. The molecule has 0 radical (unpaired) electrons. The molecule has 1 aliphatic heterocycles. The van der Waals surface area contributed by atoms with Gasteiger partial charge in [-0.25, -0.2) is 9.97 Å². The number of nitrogens with zero attached hydrogens (tertiary/aromatic N) is 4. The van der Waals surface area contributed by atoms with E-state index in [9.17, 15) is 4.79 Å². The van der Waals surface area contributed by atoms with Crippen LogP contribution in [0.1, 0.15) is 79.7 Å². The van der Waals surface area contributed by atoms with Crippen molar-refractivity contribution in [2.45, 2.75) is 70.8 Å². The second-order valence-electron chi connectivity index (χ2n) is 7.61. The Morgan fingerprint density at radius 2 is 2.12 bits per heavy atom. The Labute approximate surface area is 149 Å². The standard InChI is InChI=1S/C20H28N4O/c1-3-4-11-23(2)20(25)15-13-16(14-9-10-14)21-19-18(15)22-17-8-6-5-7-12-24(17)19/h13-14H,3-12H2,1-2H3. The first-order valence-electron chi connectivity index (χ1n) is 9.84. The van der Waals surface area contributed by atoms with E-state index < -0.39 is 0 Å². The van der Waals surface area contributed by atoms with Gasteiger partial charge in [-0.1, -0.05) is 19.8 Å². The molecule has 0 atom stereocenters. The van der Waals surface area contributed by atoms with Crippen molar-refractivity contribution < 1.29 is 4.79 Å². The van der Waals surface area contributed by atoms with Crippen LogP contribution in [-0.2, 0) is 13.0 Å². The summed E-state index contributed by atoms with van der Waals surface area (Å²) in [7, 11) is 1.90. The third kappa shape index (κ3) is 3.16. The van der Waals surface area contributed by atoms with Crippen LogP contribution in [0.25, 0.3) is 11.2 Å². The number of pyridine rings is 1. The number of hydrogen-bond donors (Lipinski definition) is 0. The third-order valence-corrected chi connectivity index (χ3v) is 5.50. The monoisotopic (exact) mass is 340 g/mol. The van der Waals surface area contributed by atoms with Crippen molar-refractivity contribution in [1.82, 2.24) is 19.4 Å². The molecule has 2 aromatic rings.